The van der Waals surface area contributed by atoms with Crippen molar-refractivity contribution in [2.75, 3.05) is 0 Å². The minimum absolute atomic E-state index is 0.273. The summed E-state index contributed by atoms with van der Waals surface area (Å²) in [6.07, 6.45) is 18.3. The van der Waals surface area contributed by atoms with Gasteiger partial charge in [0.15, 0.2) is 8.32 Å². The van der Waals surface area contributed by atoms with Gasteiger partial charge in [0, 0.05) is 5.41 Å². The molecule has 0 aromatic heterocycles. The van der Waals surface area contributed by atoms with Crippen LogP contribution in [0.3, 0.4) is 0 Å². The summed E-state index contributed by atoms with van der Waals surface area (Å²) < 4.78 is 7.10. The summed E-state index contributed by atoms with van der Waals surface area (Å²) in [4.78, 5) is 0. The zero-order valence-corrected chi connectivity index (χ0v) is 21.8. The highest BCUT2D eigenvalue weighted by molar-refractivity contribution is 6.74. The van der Waals surface area contributed by atoms with Gasteiger partial charge in [-0.2, -0.15) is 0 Å². The van der Waals surface area contributed by atoms with E-state index in [9.17, 15) is 0 Å². The van der Waals surface area contributed by atoms with Crippen molar-refractivity contribution in [3.63, 3.8) is 0 Å². The van der Waals surface area contributed by atoms with E-state index in [1.54, 1.807) is 11.1 Å². The number of allylic oxidation sites excluding steroid dienone is 5. The molecule has 1 nitrogen and oxygen atoms in total. The van der Waals surface area contributed by atoms with Crippen LogP contribution in [0.2, 0.25) is 18.1 Å². The fourth-order valence-electron chi connectivity index (χ4n) is 7.61. The maximum Gasteiger partial charge on any atom is 0.192 e. The number of hydrogen-bond acceptors (Lipinski definition) is 1. The molecule has 6 atom stereocenters. The molecule has 4 aliphatic rings. The Balaban J connectivity index is 1.60. The Kier molecular flexibility index (Phi) is 5.63. The van der Waals surface area contributed by atoms with Crippen LogP contribution in [0.25, 0.3) is 0 Å². The van der Waals surface area contributed by atoms with E-state index in [1.165, 1.54) is 51.4 Å². The molecule has 0 amide bonds. The lowest BCUT2D eigenvalue weighted by molar-refractivity contribution is -0.0624. The lowest BCUT2D eigenvalue weighted by Crippen LogP contribution is -2.53. The first-order chi connectivity index (χ1) is 14.0. The van der Waals surface area contributed by atoms with Crippen LogP contribution in [0.4, 0.5) is 0 Å². The molecule has 4 rings (SSSR count). The van der Waals surface area contributed by atoms with Gasteiger partial charge in [-0.05, 0) is 99.6 Å². The Morgan fingerprint density at radius 1 is 1.07 bits per heavy atom. The first-order valence-corrected chi connectivity index (χ1v) is 15.6. The molecule has 0 N–H and O–H groups in total. The van der Waals surface area contributed by atoms with Gasteiger partial charge in [-0.3, -0.25) is 0 Å². The topological polar surface area (TPSA) is 9.23 Å². The smallest absolute Gasteiger partial charge is 0.192 e. The minimum Gasteiger partial charge on any atom is -0.413 e. The maximum absolute atomic E-state index is 7.10. The first kappa shape index (κ1) is 22.6. The third-order valence-electron chi connectivity index (χ3n) is 10.5. The van der Waals surface area contributed by atoms with Gasteiger partial charge >= 0.3 is 0 Å². The molecule has 3 saturated carbocycles. The molecular formula is C28H46OSi. The zero-order chi connectivity index (χ0) is 21.9. The molecule has 0 aliphatic heterocycles. The van der Waals surface area contributed by atoms with Crippen LogP contribution in [0.1, 0.15) is 86.0 Å². The quantitative estimate of drug-likeness (QED) is 0.325. The first-order valence-electron chi connectivity index (χ1n) is 12.7. The molecule has 2 heteroatoms. The Hall–Kier alpha value is -0.603. The van der Waals surface area contributed by atoms with E-state index >= 15 is 0 Å². The standard InChI is InChI=1S/C28H46OSi/c1-9-20-15-18-28(10-2)21(19-20)11-12-22-23-13-14-25(27(23,6)17-16-24(22)28)29-30(7,8)26(3,4)5/h9-10,19,22-25H,2,11-18H2,1,3-8H3/b20-9+/t22?,23?,24?,25-,27-,28-/m0/s1. The Bertz CT molecular complexity index is 753. The van der Waals surface area contributed by atoms with Gasteiger partial charge in [-0.25, -0.2) is 0 Å². The van der Waals surface area contributed by atoms with Crippen molar-refractivity contribution in [3.05, 3.63) is 36.0 Å². The molecule has 0 heterocycles. The van der Waals surface area contributed by atoms with Crippen LogP contribution >= 0.6 is 0 Å². The molecular weight excluding hydrogens is 380 g/mol. The second-order valence-corrected chi connectivity index (χ2v) is 17.4. The third kappa shape index (κ3) is 3.27. The van der Waals surface area contributed by atoms with Crippen molar-refractivity contribution in [1.29, 1.82) is 0 Å². The van der Waals surface area contributed by atoms with Crippen molar-refractivity contribution in [2.24, 2.45) is 28.6 Å². The van der Waals surface area contributed by atoms with Gasteiger partial charge in [-0.15, -0.1) is 6.58 Å². The molecule has 0 spiro atoms. The number of hydrogen-bond donors (Lipinski definition) is 0. The molecule has 3 unspecified atom stereocenters. The summed E-state index contributed by atoms with van der Waals surface area (Å²) in [5, 5.41) is 0.294. The van der Waals surface area contributed by atoms with Gasteiger partial charge in [0.25, 0.3) is 0 Å². The number of rotatable bonds is 3. The van der Waals surface area contributed by atoms with Crippen molar-refractivity contribution < 1.29 is 4.43 Å². The summed E-state index contributed by atoms with van der Waals surface area (Å²) in [6.45, 7) is 21.3. The van der Waals surface area contributed by atoms with Crippen LogP contribution in [0, 0.1) is 28.6 Å². The van der Waals surface area contributed by atoms with E-state index in [0.717, 1.165) is 17.8 Å². The van der Waals surface area contributed by atoms with Crippen LogP contribution < -0.4 is 0 Å². The van der Waals surface area contributed by atoms with Crippen LogP contribution in [0.15, 0.2) is 36.0 Å². The summed E-state index contributed by atoms with van der Waals surface area (Å²) in [6, 6.07) is 0. The van der Waals surface area contributed by atoms with E-state index in [-0.39, 0.29) is 5.41 Å². The Morgan fingerprint density at radius 3 is 2.43 bits per heavy atom. The summed E-state index contributed by atoms with van der Waals surface area (Å²) >= 11 is 0. The van der Waals surface area contributed by atoms with Crippen LogP contribution in [-0.4, -0.2) is 14.4 Å². The molecule has 30 heavy (non-hydrogen) atoms. The van der Waals surface area contributed by atoms with Crippen LogP contribution in [0.5, 0.6) is 0 Å². The average Bonchev–Trinajstić information content (AvgIpc) is 3.02. The van der Waals surface area contributed by atoms with E-state index in [4.69, 9.17) is 4.43 Å². The second kappa shape index (κ2) is 7.48. The lowest BCUT2D eigenvalue weighted by atomic mass is 9.47. The second-order valence-electron chi connectivity index (χ2n) is 12.7. The monoisotopic (exact) mass is 426 g/mol. The van der Waals surface area contributed by atoms with E-state index in [0.29, 0.717) is 16.6 Å². The molecule has 168 valence electrons. The van der Waals surface area contributed by atoms with Crippen molar-refractivity contribution in [3.8, 4) is 0 Å². The van der Waals surface area contributed by atoms with E-state index in [1.807, 2.05) is 0 Å². The molecule has 0 saturated heterocycles. The molecule has 0 aromatic carbocycles. The van der Waals surface area contributed by atoms with Crippen molar-refractivity contribution in [1.82, 2.24) is 0 Å². The maximum atomic E-state index is 7.10. The van der Waals surface area contributed by atoms with Crippen molar-refractivity contribution >= 4 is 8.32 Å². The predicted molar refractivity (Wildman–Crippen MR) is 132 cm³/mol. The molecule has 0 aromatic rings. The van der Waals surface area contributed by atoms with Crippen LogP contribution in [-0.2, 0) is 4.43 Å². The molecule has 3 fully saturated rings. The molecule has 0 bridgehead atoms. The number of fused-ring (bicyclic) bond motifs is 5. The highest BCUT2D eigenvalue weighted by Crippen LogP contribution is 2.66. The Morgan fingerprint density at radius 2 is 1.80 bits per heavy atom. The predicted octanol–water partition coefficient (Wildman–Crippen LogP) is 8.45. The minimum atomic E-state index is -1.73. The highest BCUT2D eigenvalue weighted by Gasteiger charge is 2.60. The highest BCUT2D eigenvalue weighted by atomic mass is 28.4. The average molecular weight is 427 g/mol. The lowest BCUT2D eigenvalue weighted by Gasteiger charge is -2.59. The third-order valence-corrected chi connectivity index (χ3v) is 15.0. The fraction of sp³-hybridized carbons (Fsp3) is 0.786. The summed E-state index contributed by atoms with van der Waals surface area (Å²) in [5.74, 6) is 2.50. The van der Waals surface area contributed by atoms with Gasteiger partial charge < -0.3 is 4.43 Å². The van der Waals surface area contributed by atoms with Gasteiger partial charge in [0.2, 0.25) is 0 Å². The van der Waals surface area contributed by atoms with Gasteiger partial charge in [0.05, 0.1) is 6.10 Å². The van der Waals surface area contributed by atoms with E-state index in [2.05, 4.69) is 72.5 Å². The zero-order valence-electron chi connectivity index (χ0n) is 20.8. The van der Waals surface area contributed by atoms with Gasteiger partial charge in [0.1, 0.15) is 0 Å². The summed E-state index contributed by atoms with van der Waals surface area (Å²) in [7, 11) is -1.73. The van der Waals surface area contributed by atoms with Gasteiger partial charge in [-0.1, -0.05) is 57.1 Å². The molecule has 0 radical (unpaired) electrons. The fourth-order valence-corrected chi connectivity index (χ4v) is 9.06. The molecule has 4 aliphatic carbocycles. The Labute approximate surface area is 187 Å². The van der Waals surface area contributed by atoms with E-state index < -0.39 is 8.32 Å². The summed E-state index contributed by atoms with van der Waals surface area (Å²) in [5.41, 5.74) is 3.90. The normalized spacial score (nSPS) is 42.9. The van der Waals surface area contributed by atoms with Crippen molar-refractivity contribution in [2.45, 2.75) is 110 Å². The largest absolute Gasteiger partial charge is 0.413 e. The SMILES string of the molecule is C=C[C@]12CC/C(=C\C)C=C1CCC1C2CC[C@@]2(C)C1CC[C@@H]2O[Si](C)(C)C(C)(C)C.